The lowest BCUT2D eigenvalue weighted by Gasteiger charge is -2.24. The average molecular weight is 296 g/mol. The molecule has 2 aromatic rings. The van der Waals surface area contributed by atoms with Gasteiger partial charge in [-0.15, -0.1) is 5.10 Å². The van der Waals surface area contributed by atoms with Crippen LogP contribution in [0.3, 0.4) is 0 Å². The van der Waals surface area contributed by atoms with Gasteiger partial charge in [0.15, 0.2) is 0 Å². The number of aromatic nitrogens is 4. The molecular weight excluding hydrogens is 281 g/mol. The summed E-state index contributed by atoms with van der Waals surface area (Å²) in [6.45, 7) is 2.09. The summed E-state index contributed by atoms with van der Waals surface area (Å²) in [6.07, 6.45) is 3.54. The van der Waals surface area contributed by atoms with Gasteiger partial charge >= 0.3 is 0 Å². The SMILES string of the molecule is Fc1cccc(Cl)c1Cn1nnc(N2CCCCC2)n1. The fourth-order valence-corrected chi connectivity index (χ4v) is 2.57. The molecule has 5 nitrogen and oxygen atoms in total. The van der Waals surface area contributed by atoms with Crippen LogP contribution in [0.4, 0.5) is 10.3 Å². The minimum atomic E-state index is -0.352. The lowest BCUT2D eigenvalue weighted by atomic mass is 10.1. The Morgan fingerprint density at radius 1 is 1.20 bits per heavy atom. The molecule has 3 rings (SSSR count). The predicted molar refractivity (Wildman–Crippen MR) is 74.4 cm³/mol. The van der Waals surface area contributed by atoms with Crippen molar-refractivity contribution in [2.24, 2.45) is 0 Å². The monoisotopic (exact) mass is 295 g/mol. The third-order valence-corrected chi connectivity index (χ3v) is 3.80. The smallest absolute Gasteiger partial charge is 0.266 e. The van der Waals surface area contributed by atoms with E-state index >= 15 is 0 Å². The maximum atomic E-state index is 13.7. The number of rotatable bonds is 3. The van der Waals surface area contributed by atoms with E-state index in [-0.39, 0.29) is 12.4 Å². The number of hydrogen-bond acceptors (Lipinski definition) is 4. The van der Waals surface area contributed by atoms with Gasteiger partial charge in [-0.05, 0) is 36.6 Å². The molecule has 1 aromatic carbocycles. The van der Waals surface area contributed by atoms with Gasteiger partial charge in [0, 0.05) is 23.7 Å². The van der Waals surface area contributed by atoms with Gasteiger partial charge in [0.25, 0.3) is 5.95 Å². The van der Waals surface area contributed by atoms with Crippen LogP contribution in [0.1, 0.15) is 24.8 Å². The van der Waals surface area contributed by atoms with Gasteiger partial charge in [-0.25, -0.2) is 4.39 Å². The first-order valence-corrected chi connectivity index (χ1v) is 7.07. The van der Waals surface area contributed by atoms with Crippen LogP contribution in [0, 0.1) is 5.82 Å². The average Bonchev–Trinajstić information content (AvgIpc) is 2.93. The largest absolute Gasteiger partial charge is 0.338 e. The summed E-state index contributed by atoms with van der Waals surface area (Å²) in [4.78, 5) is 3.49. The number of nitrogens with zero attached hydrogens (tertiary/aromatic N) is 5. The fourth-order valence-electron chi connectivity index (χ4n) is 2.35. The summed E-state index contributed by atoms with van der Waals surface area (Å²) in [7, 11) is 0. The molecule has 1 saturated heterocycles. The summed E-state index contributed by atoms with van der Waals surface area (Å²) in [5.74, 6) is 0.256. The first-order chi connectivity index (χ1) is 9.74. The number of hydrogen-bond donors (Lipinski definition) is 0. The number of anilines is 1. The van der Waals surface area contributed by atoms with Gasteiger partial charge < -0.3 is 4.90 Å². The van der Waals surface area contributed by atoms with Crippen molar-refractivity contribution in [1.29, 1.82) is 0 Å². The maximum absolute atomic E-state index is 13.7. The molecule has 1 fully saturated rings. The molecule has 0 bridgehead atoms. The van der Waals surface area contributed by atoms with Crippen LogP contribution in [0.15, 0.2) is 18.2 Å². The molecule has 0 N–H and O–H groups in total. The Labute approximate surface area is 121 Å². The van der Waals surface area contributed by atoms with Crippen molar-refractivity contribution in [2.75, 3.05) is 18.0 Å². The molecule has 0 unspecified atom stereocenters. The van der Waals surface area contributed by atoms with E-state index in [0.717, 1.165) is 25.9 Å². The van der Waals surface area contributed by atoms with Crippen molar-refractivity contribution >= 4 is 17.5 Å². The zero-order valence-corrected chi connectivity index (χ0v) is 11.7. The molecule has 0 amide bonds. The van der Waals surface area contributed by atoms with Crippen molar-refractivity contribution < 1.29 is 4.39 Å². The Balaban J connectivity index is 1.77. The number of halogens is 2. The zero-order valence-electron chi connectivity index (χ0n) is 11.0. The summed E-state index contributed by atoms with van der Waals surface area (Å²) < 4.78 is 13.7. The first-order valence-electron chi connectivity index (χ1n) is 6.70. The third-order valence-electron chi connectivity index (χ3n) is 3.44. The van der Waals surface area contributed by atoms with E-state index in [1.54, 1.807) is 12.1 Å². The Bertz CT molecular complexity index is 574. The molecule has 1 aliphatic rings. The molecule has 1 aliphatic heterocycles. The number of tetrazole rings is 1. The molecule has 0 spiro atoms. The Morgan fingerprint density at radius 3 is 2.75 bits per heavy atom. The lowest BCUT2D eigenvalue weighted by molar-refractivity contribution is 0.535. The van der Waals surface area contributed by atoms with E-state index in [1.807, 2.05) is 0 Å². The van der Waals surface area contributed by atoms with Crippen LogP contribution in [-0.2, 0) is 6.54 Å². The fraction of sp³-hybridized carbons (Fsp3) is 0.462. The molecule has 0 aliphatic carbocycles. The molecular formula is C13H15ClFN5. The Hall–Kier alpha value is -1.69. The highest BCUT2D eigenvalue weighted by atomic mass is 35.5. The van der Waals surface area contributed by atoms with E-state index in [9.17, 15) is 4.39 Å². The van der Waals surface area contributed by atoms with E-state index in [0.29, 0.717) is 16.5 Å². The van der Waals surface area contributed by atoms with Gasteiger partial charge in [0.05, 0.1) is 6.54 Å². The van der Waals surface area contributed by atoms with Crippen LogP contribution in [-0.4, -0.2) is 33.3 Å². The molecule has 106 valence electrons. The zero-order chi connectivity index (χ0) is 13.9. The molecule has 2 heterocycles. The topological polar surface area (TPSA) is 46.8 Å². The predicted octanol–water partition coefficient (Wildman–Crippen LogP) is 2.50. The molecule has 0 radical (unpaired) electrons. The second-order valence-corrected chi connectivity index (χ2v) is 5.27. The minimum Gasteiger partial charge on any atom is -0.338 e. The van der Waals surface area contributed by atoms with Gasteiger partial charge in [0.2, 0.25) is 0 Å². The molecule has 0 saturated carbocycles. The van der Waals surface area contributed by atoms with E-state index < -0.39 is 0 Å². The van der Waals surface area contributed by atoms with Gasteiger partial charge in [-0.1, -0.05) is 22.8 Å². The van der Waals surface area contributed by atoms with Gasteiger partial charge in [-0.3, -0.25) is 0 Å². The van der Waals surface area contributed by atoms with Crippen molar-refractivity contribution in [3.8, 4) is 0 Å². The molecule has 1 aromatic heterocycles. The van der Waals surface area contributed by atoms with Crippen LogP contribution in [0.25, 0.3) is 0 Å². The summed E-state index contributed by atoms with van der Waals surface area (Å²) in [5.41, 5.74) is 0.386. The third kappa shape index (κ3) is 2.75. The molecule has 0 atom stereocenters. The van der Waals surface area contributed by atoms with Gasteiger partial charge in [-0.2, -0.15) is 4.80 Å². The standard InChI is InChI=1S/C13H15ClFN5/c14-11-5-4-6-12(15)10(11)9-20-17-13(16-18-20)19-7-2-1-3-8-19/h4-6H,1-3,7-9H2. The normalized spacial score (nSPS) is 15.6. The quantitative estimate of drug-likeness (QED) is 0.873. The number of benzene rings is 1. The highest BCUT2D eigenvalue weighted by molar-refractivity contribution is 6.31. The second kappa shape index (κ2) is 5.75. The first kappa shape index (κ1) is 13.3. The highest BCUT2D eigenvalue weighted by Gasteiger charge is 2.16. The van der Waals surface area contributed by atoms with E-state index in [2.05, 4.69) is 20.3 Å². The van der Waals surface area contributed by atoms with Gasteiger partial charge in [0.1, 0.15) is 5.82 Å². The summed E-state index contributed by atoms with van der Waals surface area (Å²) in [5, 5.41) is 12.7. The van der Waals surface area contributed by atoms with Crippen molar-refractivity contribution in [3.63, 3.8) is 0 Å². The van der Waals surface area contributed by atoms with Crippen LogP contribution < -0.4 is 4.90 Å². The minimum absolute atomic E-state index is 0.187. The van der Waals surface area contributed by atoms with Crippen LogP contribution >= 0.6 is 11.6 Å². The number of piperidine rings is 1. The maximum Gasteiger partial charge on any atom is 0.266 e. The lowest BCUT2D eigenvalue weighted by Crippen LogP contribution is -2.30. The Kier molecular flexibility index (Phi) is 3.82. The van der Waals surface area contributed by atoms with Crippen molar-refractivity contribution in [1.82, 2.24) is 20.2 Å². The summed E-state index contributed by atoms with van der Waals surface area (Å²) in [6, 6.07) is 4.61. The summed E-state index contributed by atoms with van der Waals surface area (Å²) >= 11 is 6.00. The highest BCUT2D eigenvalue weighted by Crippen LogP contribution is 2.20. The van der Waals surface area contributed by atoms with Crippen LogP contribution in [0.2, 0.25) is 5.02 Å². The van der Waals surface area contributed by atoms with Crippen LogP contribution in [0.5, 0.6) is 0 Å². The Morgan fingerprint density at radius 2 is 2.00 bits per heavy atom. The van der Waals surface area contributed by atoms with E-state index in [4.69, 9.17) is 11.6 Å². The second-order valence-electron chi connectivity index (χ2n) is 4.87. The van der Waals surface area contributed by atoms with E-state index in [1.165, 1.54) is 17.3 Å². The molecule has 20 heavy (non-hydrogen) atoms. The van der Waals surface area contributed by atoms with Crippen molar-refractivity contribution in [3.05, 3.63) is 34.6 Å². The molecule has 7 heteroatoms. The van der Waals surface area contributed by atoms with Crippen molar-refractivity contribution in [2.45, 2.75) is 25.8 Å².